The number of rotatable bonds is 5. The highest BCUT2D eigenvalue weighted by Crippen LogP contribution is 2.19. The Kier molecular flexibility index (Phi) is 4.81. The number of carbonyl (C=O) groups is 1. The third-order valence-corrected chi connectivity index (χ3v) is 4.53. The molecule has 1 atom stereocenters. The van der Waals surface area contributed by atoms with E-state index >= 15 is 0 Å². The first-order chi connectivity index (χ1) is 8.94. The van der Waals surface area contributed by atoms with Crippen molar-refractivity contribution in [2.45, 2.75) is 19.3 Å². The minimum Gasteiger partial charge on any atom is -0.342 e. The lowest BCUT2D eigenvalue weighted by Crippen LogP contribution is -2.48. The fourth-order valence-corrected chi connectivity index (χ4v) is 3.13. The first kappa shape index (κ1) is 14.7. The predicted molar refractivity (Wildman–Crippen MR) is 73.1 cm³/mol. The number of sulfonamides is 1. The second kappa shape index (κ2) is 6.19. The molecule has 2 fully saturated rings. The summed E-state index contributed by atoms with van der Waals surface area (Å²) in [5.74, 6) is 0.949. The number of nitrogens with zero attached hydrogens (tertiary/aromatic N) is 1. The lowest BCUT2D eigenvalue weighted by Gasteiger charge is -2.35. The molecule has 0 aromatic rings. The maximum Gasteiger partial charge on any atom is 0.222 e. The Labute approximate surface area is 115 Å². The van der Waals surface area contributed by atoms with Gasteiger partial charge >= 0.3 is 0 Å². The molecule has 0 spiro atoms. The molecule has 7 heteroatoms. The summed E-state index contributed by atoms with van der Waals surface area (Å²) in [6, 6.07) is 0. The van der Waals surface area contributed by atoms with E-state index in [1.54, 1.807) is 0 Å². The molecule has 2 N–H and O–H groups in total. The van der Waals surface area contributed by atoms with E-state index in [-0.39, 0.29) is 11.8 Å². The number of amides is 1. The molecule has 0 aliphatic carbocycles. The molecule has 0 bridgehead atoms. The van der Waals surface area contributed by atoms with Crippen molar-refractivity contribution in [3.05, 3.63) is 0 Å². The van der Waals surface area contributed by atoms with Gasteiger partial charge in [-0.3, -0.25) is 4.79 Å². The van der Waals surface area contributed by atoms with Crippen molar-refractivity contribution in [1.29, 1.82) is 0 Å². The van der Waals surface area contributed by atoms with Crippen LogP contribution in [0.5, 0.6) is 0 Å². The molecule has 2 saturated heterocycles. The van der Waals surface area contributed by atoms with E-state index in [4.69, 9.17) is 0 Å². The van der Waals surface area contributed by atoms with E-state index < -0.39 is 10.0 Å². The minimum absolute atomic E-state index is 0.218. The molecular weight excluding hydrogens is 266 g/mol. The zero-order valence-corrected chi connectivity index (χ0v) is 12.2. The van der Waals surface area contributed by atoms with Crippen LogP contribution in [0.3, 0.4) is 0 Å². The molecule has 110 valence electrons. The van der Waals surface area contributed by atoms with Crippen LogP contribution in [-0.4, -0.2) is 58.2 Å². The van der Waals surface area contributed by atoms with E-state index in [9.17, 15) is 13.2 Å². The lowest BCUT2D eigenvalue weighted by atomic mass is 9.95. The minimum atomic E-state index is -3.14. The average Bonchev–Trinajstić information content (AvgIpc) is 2.30. The highest BCUT2D eigenvalue weighted by atomic mass is 32.2. The van der Waals surface area contributed by atoms with E-state index in [0.717, 1.165) is 32.5 Å². The quantitative estimate of drug-likeness (QED) is 0.707. The first-order valence-electron chi connectivity index (χ1n) is 6.87. The Bertz CT molecular complexity index is 420. The SMILES string of the molecule is CS(=O)(=O)NCC1CCCN(C(=O)CC2CNC2)C1. The van der Waals surface area contributed by atoms with Gasteiger partial charge in [0.25, 0.3) is 0 Å². The molecule has 19 heavy (non-hydrogen) atoms. The molecule has 6 nitrogen and oxygen atoms in total. The van der Waals surface area contributed by atoms with E-state index in [1.807, 2.05) is 4.90 Å². The van der Waals surface area contributed by atoms with Crippen LogP contribution < -0.4 is 10.0 Å². The monoisotopic (exact) mass is 289 g/mol. The van der Waals surface area contributed by atoms with Crippen LogP contribution in [0.1, 0.15) is 19.3 Å². The standard InChI is InChI=1S/C12H23N3O3S/c1-19(17,18)14-8-10-3-2-4-15(9-10)12(16)5-11-6-13-7-11/h10-11,13-14H,2-9H2,1H3. The van der Waals surface area contributed by atoms with Crippen LogP contribution >= 0.6 is 0 Å². The third-order valence-electron chi connectivity index (χ3n) is 3.84. The summed E-state index contributed by atoms with van der Waals surface area (Å²) >= 11 is 0. The summed E-state index contributed by atoms with van der Waals surface area (Å²) in [6.45, 7) is 3.82. The maximum atomic E-state index is 12.1. The molecule has 1 amide bonds. The van der Waals surface area contributed by atoms with Crippen LogP contribution in [0.15, 0.2) is 0 Å². The third kappa shape index (κ3) is 4.74. The highest BCUT2D eigenvalue weighted by Gasteiger charge is 2.27. The first-order valence-corrected chi connectivity index (χ1v) is 8.76. The van der Waals surface area contributed by atoms with Crippen molar-refractivity contribution < 1.29 is 13.2 Å². The Morgan fingerprint density at radius 1 is 1.37 bits per heavy atom. The lowest BCUT2D eigenvalue weighted by molar-refractivity contribution is -0.134. The zero-order chi connectivity index (χ0) is 13.9. The van der Waals surface area contributed by atoms with Gasteiger partial charge in [0.05, 0.1) is 6.26 Å². The second-order valence-corrected chi connectivity index (χ2v) is 7.53. The molecule has 1 unspecified atom stereocenters. The Morgan fingerprint density at radius 2 is 2.11 bits per heavy atom. The normalized spacial score (nSPS) is 25.1. The van der Waals surface area contributed by atoms with Crippen molar-refractivity contribution >= 4 is 15.9 Å². The average molecular weight is 289 g/mol. The number of likely N-dealkylation sites (tertiary alicyclic amines) is 1. The Balaban J connectivity index is 1.77. The van der Waals surface area contributed by atoms with Crippen molar-refractivity contribution in [3.63, 3.8) is 0 Å². The van der Waals surface area contributed by atoms with Gasteiger partial charge in [0, 0.05) is 26.1 Å². The van der Waals surface area contributed by atoms with E-state index in [0.29, 0.717) is 25.4 Å². The van der Waals surface area contributed by atoms with Gasteiger partial charge in [0.1, 0.15) is 0 Å². The summed E-state index contributed by atoms with van der Waals surface area (Å²) in [6.07, 6.45) is 3.74. The Morgan fingerprint density at radius 3 is 2.68 bits per heavy atom. The maximum absolute atomic E-state index is 12.1. The summed E-state index contributed by atoms with van der Waals surface area (Å²) in [7, 11) is -3.14. The summed E-state index contributed by atoms with van der Waals surface area (Å²) in [4.78, 5) is 14.0. The van der Waals surface area contributed by atoms with Crippen molar-refractivity contribution in [2.75, 3.05) is 39.0 Å². The molecule has 0 aromatic carbocycles. The summed E-state index contributed by atoms with van der Waals surface area (Å²) in [5.41, 5.74) is 0. The number of carbonyl (C=O) groups excluding carboxylic acids is 1. The van der Waals surface area contributed by atoms with Crippen LogP contribution in [0.25, 0.3) is 0 Å². The van der Waals surface area contributed by atoms with Gasteiger partial charge in [0.2, 0.25) is 15.9 Å². The largest absolute Gasteiger partial charge is 0.342 e. The van der Waals surface area contributed by atoms with Gasteiger partial charge in [-0.05, 0) is 37.8 Å². The van der Waals surface area contributed by atoms with Crippen LogP contribution in [-0.2, 0) is 14.8 Å². The zero-order valence-electron chi connectivity index (χ0n) is 11.4. The van der Waals surface area contributed by atoms with Crippen LogP contribution in [0, 0.1) is 11.8 Å². The highest BCUT2D eigenvalue weighted by molar-refractivity contribution is 7.88. The van der Waals surface area contributed by atoms with Gasteiger partial charge in [0.15, 0.2) is 0 Å². The molecule has 2 rings (SSSR count). The van der Waals surface area contributed by atoms with E-state index in [1.165, 1.54) is 6.26 Å². The smallest absolute Gasteiger partial charge is 0.222 e. The second-order valence-electron chi connectivity index (χ2n) is 5.70. The fraction of sp³-hybridized carbons (Fsp3) is 0.917. The van der Waals surface area contributed by atoms with Crippen molar-refractivity contribution in [1.82, 2.24) is 14.9 Å². The van der Waals surface area contributed by atoms with Crippen LogP contribution in [0.2, 0.25) is 0 Å². The molecule has 2 aliphatic rings. The van der Waals surface area contributed by atoms with Gasteiger partial charge in [-0.15, -0.1) is 0 Å². The van der Waals surface area contributed by atoms with Gasteiger partial charge in [-0.2, -0.15) is 0 Å². The van der Waals surface area contributed by atoms with Gasteiger partial charge in [-0.25, -0.2) is 13.1 Å². The molecule has 0 radical (unpaired) electrons. The fourth-order valence-electron chi connectivity index (χ4n) is 2.60. The number of nitrogens with one attached hydrogen (secondary N) is 2. The van der Waals surface area contributed by atoms with Crippen LogP contribution in [0.4, 0.5) is 0 Å². The Hall–Kier alpha value is -0.660. The molecule has 0 aromatic heterocycles. The number of hydrogen-bond donors (Lipinski definition) is 2. The number of piperidine rings is 1. The van der Waals surface area contributed by atoms with Gasteiger partial charge in [-0.1, -0.05) is 0 Å². The van der Waals surface area contributed by atoms with E-state index in [2.05, 4.69) is 10.0 Å². The van der Waals surface area contributed by atoms with Gasteiger partial charge < -0.3 is 10.2 Å². The summed E-state index contributed by atoms with van der Waals surface area (Å²) in [5, 5.41) is 3.17. The van der Waals surface area contributed by atoms with Crippen molar-refractivity contribution in [2.24, 2.45) is 11.8 Å². The number of hydrogen-bond acceptors (Lipinski definition) is 4. The topological polar surface area (TPSA) is 78.5 Å². The molecule has 2 heterocycles. The predicted octanol–water partition coefficient (Wildman–Crippen LogP) is -0.616. The molecule has 0 saturated carbocycles. The summed E-state index contributed by atoms with van der Waals surface area (Å²) < 4.78 is 24.7. The molecule has 2 aliphatic heterocycles. The molecular formula is C12H23N3O3S. The van der Waals surface area contributed by atoms with Crippen molar-refractivity contribution in [3.8, 4) is 0 Å².